The zero-order valence-corrected chi connectivity index (χ0v) is 9.57. The van der Waals surface area contributed by atoms with Crippen LogP contribution in [0.4, 0.5) is 0 Å². The average Bonchev–Trinajstić information content (AvgIpc) is 2.26. The van der Waals surface area contributed by atoms with Gasteiger partial charge < -0.3 is 10.0 Å². The Hall–Kier alpha value is -1.35. The second kappa shape index (κ2) is 4.66. The molecular weight excluding hydrogens is 202 g/mol. The molecule has 0 spiro atoms. The smallest absolute Gasteiger partial charge is 0.303 e. The highest BCUT2D eigenvalue weighted by Crippen LogP contribution is 2.20. The first kappa shape index (κ1) is 11.1. The summed E-state index contributed by atoms with van der Waals surface area (Å²) in [5.74, 6) is -0.725. The lowest BCUT2D eigenvalue weighted by atomic mass is 9.96. The van der Waals surface area contributed by atoms with Crippen molar-refractivity contribution in [2.45, 2.75) is 25.8 Å². The van der Waals surface area contributed by atoms with Crippen LogP contribution in [0, 0.1) is 0 Å². The maximum Gasteiger partial charge on any atom is 0.303 e. The molecule has 0 fully saturated rings. The highest BCUT2D eigenvalue weighted by atomic mass is 16.4. The predicted octanol–water partition coefficient (Wildman–Crippen LogP) is 1.69. The third-order valence-electron chi connectivity index (χ3n) is 3.10. The molecule has 86 valence electrons. The van der Waals surface area contributed by atoms with E-state index in [2.05, 4.69) is 30.1 Å². The van der Waals surface area contributed by atoms with Gasteiger partial charge in [-0.05, 0) is 36.6 Å². The molecule has 1 aromatic rings. The standard InChI is InChI=1S/C13H17NO2/c1-14-7-6-11-8-10(3-5-13(15)16)2-4-12(11)9-14/h2,4,8H,3,5-7,9H2,1H3,(H,15,16). The second-order valence-corrected chi connectivity index (χ2v) is 4.48. The molecule has 3 heteroatoms. The summed E-state index contributed by atoms with van der Waals surface area (Å²) in [6.45, 7) is 2.10. The molecule has 2 rings (SSSR count). The van der Waals surface area contributed by atoms with Crippen LogP contribution in [0.1, 0.15) is 23.1 Å². The highest BCUT2D eigenvalue weighted by molar-refractivity contribution is 5.67. The van der Waals surface area contributed by atoms with Gasteiger partial charge in [-0.1, -0.05) is 18.2 Å². The van der Waals surface area contributed by atoms with E-state index in [1.807, 2.05) is 0 Å². The van der Waals surface area contributed by atoms with E-state index < -0.39 is 5.97 Å². The minimum Gasteiger partial charge on any atom is -0.481 e. The van der Waals surface area contributed by atoms with Crippen molar-refractivity contribution >= 4 is 5.97 Å². The molecule has 1 heterocycles. The quantitative estimate of drug-likeness (QED) is 0.841. The van der Waals surface area contributed by atoms with Crippen LogP contribution in [-0.4, -0.2) is 29.6 Å². The fourth-order valence-corrected chi connectivity index (χ4v) is 2.15. The summed E-state index contributed by atoms with van der Waals surface area (Å²) in [7, 11) is 2.13. The van der Waals surface area contributed by atoms with Crippen molar-refractivity contribution in [2.75, 3.05) is 13.6 Å². The van der Waals surface area contributed by atoms with E-state index in [4.69, 9.17) is 5.11 Å². The number of benzene rings is 1. The minimum atomic E-state index is -0.725. The number of aryl methyl sites for hydroxylation is 1. The van der Waals surface area contributed by atoms with E-state index in [1.165, 1.54) is 11.1 Å². The van der Waals surface area contributed by atoms with Crippen molar-refractivity contribution in [3.63, 3.8) is 0 Å². The van der Waals surface area contributed by atoms with Gasteiger partial charge in [0.2, 0.25) is 0 Å². The normalized spacial score (nSPS) is 15.8. The van der Waals surface area contributed by atoms with Crippen LogP contribution in [0.3, 0.4) is 0 Å². The number of hydrogen-bond acceptors (Lipinski definition) is 2. The molecule has 3 nitrogen and oxygen atoms in total. The maximum atomic E-state index is 10.5. The molecule has 0 bridgehead atoms. The fourth-order valence-electron chi connectivity index (χ4n) is 2.15. The van der Waals surface area contributed by atoms with Gasteiger partial charge in [-0.15, -0.1) is 0 Å². The summed E-state index contributed by atoms with van der Waals surface area (Å²) in [6, 6.07) is 6.37. The van der Waals surface area contributed by atoms with Crippen LogP contribution in [0.5, 0.6) is 0 Å². The molecule has 0 aromatic heterocycles. The van der Waals surface area contributed by atoms with Gasteiger partial charge in [-0.2, -0.15) is 0 Å². The summed E-state index contributed by atoms with van der Waals surface area (Å²) in [4.78, 5) is 12.8. The number of nitrogens with zero attached hydrogens (tertiary/aromatic N) is 1. The Balaban J connectivity index is 2.10. The lowest BCUT2D eigenvalue weighted by Gasteiger charge is -2.25. The van der Waals surface area contributed by atoms with E-state index in [1.54, 1.807) is 0 Å². The Morgan fingerprint density at radius 1 is 1.44 bits per heavy atom. The first-order valence-electron chi connectivity index (χ1n) is 5.66. The maximum absolute atomic E-state index is 10.5. The molecule has 0 radical (unpaired) electrons. The van der Waals surface area contributed by atoms with Gasteiger partial charge in [0.1, 0.15) is 0 Å². The van der Waals surface area contributed by atoms with Gasteiger partial charge in [0, 0.05) is 19.5 Å². The summed E-state index contributed by atoms with van der Waals surface area (Å²) < 4.78 is 0. The van der Waals surface area contributed by atoms with Gasteiger partial charge in [-0.3, -0.25) is 4.79 Å². The molecule has 0 aliphatic carbocycles. The van der Waals surface area contributed by atoms with Gasteiger partial charge in [0.05, 0.1) is 0 Å². The summed E-state index contributed by atoms with van der Waals surface area (Å²) in [5, 5.41) is 8.64. The van der Waals surface area contributed by atoms with Gasteiger partial charge in [0.25, 0.3) is 0 Å². The van der Waals surface area contributed by atoms with Crippen LogP contribution in [-0.2, 0) is 24.2 Å². The molecule has 0 unspecified atom stereocenters. The first-order valence-corrected chi connectivity index (χ1v) is 5.66. The first-order chi connectivity index (χ1) is 7.65. The van der Waals surface area contributed by atoms with Crippen molar-refractivity contribution in [1.29, 1.82) is 0 Å². The fraction of sp³-hybridized carbons (Fsp3) is 0.462. The van der Waals surface area contributed by atoms with E-state index in [-0.39, 0.29) is 6.42 Å². The van der Waals surface area contributed by atoms with E-state index in [9.17, 15) is 4.79 Å². The molecule has 16 heavy (non-hydrogen) atoms. The highest BCUT2D eigenvalue weighted by Gasteiger charge is 2.13. The van der Waals surface area contributed by atoms with Crippen molar-refractivity contribution < 1.29 is 9.90 Å². The van der Waals surface area contributed by atoms with E-state index in [0.717, 1.165) is 25.1 Å². The Kier molecular flexibility index (Phi) is 3.25. The monoisotopic (exact) mass is 219 g/mol. The molecule has 1 aromatic carbocycles. The number of fused-ring (bicyclic) bond motifs is 1. The van der Waals surface area contributed by atoms with Crippen LogP contribution in [0.2, 0.25) is 0 Å². The summed E-state index contributed by atoms with van der Waals surface area (Å²) in [6.07, 6.45) is 1.93. The number of hydrogen-bond donors (Lipinski definition) is 1. The third-order valence-corrected chi connectivity index (χ3v) is 3.10. The molecule has 1 N–H and O–H groups in total. The van der Waals surface area contributed by atoms with Gasteiger partial charge >= 0.3 is 5.97 Å². The van der Waals surface area contributed by atoms with Crippen LogP contribution in [0.25, 0.3) is 0 Å². The molecule has 0 saturated heterocycles. The minimum absolute atomic E-state index is 0.221. The topological polar surface area (TPSA) is 40.5 Å². The summed E-state index contributed by atoms with van der Waals surface area (Å²) in [5.41, 5.74) is 3.92. The van der Waals surface area contributed by atoms with Gasteiger partial charge in [0.15, 0.2) is 0 Å². The Labute approximate surface area is 95.7 Å². The van der Waals surface area contributed by atoms with Gasteiger partial charge in [-0.25, -0.2) is 0 Å². The summed E-state index contributed by atoms with van der Waals surface area (Å²) >= 11 is 0. The molecule has 0 atom stereocenters. The third kappa shape index (κ3) is 2.61. The zero-order valence-electron chi connectivity index (χ0n) is 9.57. The SMILES string of the molecule is CN1CCc2cc(CCC(=O)O)ccc2C1. The lowest BCUT2D eigenvalue weighted by Crippen LogP contribution is -2.26. The second-order valence-electron chi connectivity index (χ2n) is 4.48. The number of aliphatic carboxylic acids is 1. The molecule has 0 amide bonds. The number of rotatable bonds is 3. The largest absolute Gasteiger partial charge is 0.481 e. The average molecular weight is 219 g/mol. The van der Waals surface area contributed by atoms with E-state index >= 15 is 0 Å². The van der Waals surface area contributed by atoms with Crippen LogP contribution in [0.15, 0.2) is 18.2 Å². The number of carbonyl (C=O) groups is 1. The number of carboxylic acid groups (broad SMARTS) is 1. The lowest BCUT2D eigenvalue weighted by molar-refractivity contribution is -0.136. The molecule has 1 aliphatic heterocycles. The van der Waals surface area contributed by atoms with Crippen molar-refractivity contribution in [3.8, 4) is 0 Å². The zero-order chi connectivity index (χ0) is 11.5. The molecular formula is C13H17NO2. The Bertz CT molecular complexity index is 401. The van der Waals surface area contributed by atoms with Crippen molar-refractivity contribution in [2.24, 2.45) is 0 Å². The van der Waals surface area contributed by atoms with Crippen LogP contribution < -0.4 is 0 Å². The molecule has 1 aliphatic rings. The van der Waals surface area contributed by atoms with Crippen molar-refractivity contribution in [1.82, 2.24) is 4.90 Å². The molecule has 0 saturated carbocycles. The van der Waals surface area contributed by atoms with E-state index in [0.29, 0.717) is 6.42 Å². The number of likely N-dealkylation sites (N-methyl/N-ethyl adjacent to an activating group) is 1. The Morgan fingerprint density at radius 2 is 2.25 bits per heavy atom. The predicted molar refractivity (Wildman–Crippen MR) is 62.4 cm³/mol. The van der Waals surface area contributed by atoms with Crippen molar-refractivity contribution in [3.05, 3.63) is 34.9 Å². The van der Waals surface area contributed by atoms with Crippen LogP contribution >= 0.6 is 0 Å². The Morgan fingerprint density at radius 3 is 3.00 bits per heavy atom. The number of carboxylic acids is 1.